The molecule has 0 aliphatic carbocycles. The zero-order chi connectivity index (χ0) is 22.8. The van der Waals surface area contributed by atoms with Gasteiger partial charge in [0.25, 0.3) is 5.56 Å². The zero-order valence-electron chi connectivity index (χ0n) is 18.1. The topological polar surface area (TPSA) is 82.2 Å². The van der Waals surface area contributed by atoms with Gasteiger partial charge in [0.15, 0.2) is 5.13 Å². The first-order chi connectivity index (χ1) is 16.1. The van der Waals surface area contributed by atoms with Crippen LogP contribution >= 0.6 is 34.4 Å². The Morgan fingerprint density at radius 2 is 1.97 bits per heavy atom. The smallest absolute Gasteiger partial charge is 0.260 e. The number of piperazine rings is 1. The van der Waals surface area contributed by atoms with Crippen molar-refractivity contribution in [3.05, 3.63) is 63.5 Å². The fraction of sp³-hybridized carbons (Fsp3) is 0.304. The van der Waals surface area contributed by atoms with Gasteiger partial charge < -0.3 is 14.8 Å². The first-order valence-corrected chi connectivity index (χ1v) is 13.5. The average Bonchev–Trinajstić information content (AvgIpc) is 3.53. The summed E-state index contributed by atoms with van der Waals surface area (Å²) in [6.07, 6.45) is 1.81. The fourth-order valence-electron chi connectivity index (χ4n) is 3.91. The van der Waals surface area contributed by atoms with Crippen molar-refractivity contribution in [2.45, 2.75) is 17.9 Å². The van der Waals surface area contributed by atoms with Crippen molar-refractivity contribution >= 4 is 55.7 Å². The Balaban J connectivity index is 1.22. The Kier molecular flexibility index (Phi) is 6.48. The number of benzene rings is 1. The highest BCUT2D eigenvalue weighted by Gasteiger charge is 2.26. The number of thiazole rings is 1. The Morgan fingerprint density at radius 1 is 1.18 bits per heavy atom. The van der Waals surface area contributed by atoms with E-state index in [1.54, 1.807) is 11.3 Å². The molecule has 1 N–H and O–H groups in total. The molecule has 1 atom stereocenters. The molecule has 1 fully saturated rings. The first-order valence-electron chi connectivity index (χ1n) is 10.7. The number of hydrogen-bond acceptors (Lipinski definition) is 8. The van der Waals surface area contributed by atoms with E-state index in [1.165, 1.54) is 23.1 Å². The van der Waals surface area contributed by atoms with Crippen molar-refractivity contribution in [2.24, 2.45) is 0 Å². The maximum Gasteiger partial charge on any atom is 0.260 e. The molecule has 1 aromatic carbocycles. The van der Waals surface area contributed by atoms with Gasteiger partial charge in [-0.3, -0.25) is 9.59 Å². The second kappa shape index (κ2) is 9.66. The van der Waals surface area contributed by atoms with Crippen molar-refractivity contribution < 1.29 is 4.79 Å². The summed E-state index contributed by atoms with van der Waals surface area (Å²) in [6, 6.07) is 9.87. The molecule has 5 rings (SSSR count). The van der Waals surface area contributed by atoms with Gasteiger partial charge in [-0.05, 0) is 12.5 Å². The maximum absolute atomic E-state index is 12.9. The molecule has 0 radical (unpaired) electrons. The summed E-state index contributed by atoms with van der Waals surface area (Å²) in [5.74, 6) is 1.22. The number of aromatic nitrogens is 3. The van der Waals surface area contributed by atoms with E-state index >= 15 is 0 Å². The lowest BCUT2D eigenvalue weighted by Gasteiger charge is -2.35. The van der Waals surface area contributed by atoms with Crippen LogP contribution in [0.3, 0.4) is 0 Å². The lowest BCUT2D eigenvalue weighted by Crippen LogP contribution is -2.50. The van der Waals surface area contributed by atoms with Crippen molar-refractivity contribution in [3.8, 4) is 11.1 Å². The fourth-order valence-corrected chi connectivity index (χ4v) is 6.41. The number of nitrogens with zero attached hydrogens (tertiary/aromatic N) is 4. The molecule has 33 heavy (non-hydrogen) atoms. The van der Waals surface area contributed by atoms with Gasteiger partial charge in [-0.2, -0.15) is 0 Å². The van der Waals surface area contributed by atoms with Crippen molar-refractivity contribution in [2.75, 3.05) is 31.1 Å². The largest absolute Gasteiger partial charge is 0.345 e. The van der Waals surface area contributed by atoms with Crippen LogP contribution in [0.4, 0.5) is 5.13 Å². The minimum atomic E-state index is -0.208. The van der Waals surface area contributed by atoms with Gasteiger partial charge in [0, 0.05) is 48.7 Å². The maximum atomic E-state index is 12.9. The number of hydrogen-bond donors (Lipinski definition) is 1. The third-order valence-electron chi connectivity index (χ3n) is 5.68. The third kappa shape index (κ3) is 4.68. The van der Waals surface area contributed by atoms with Crippen molar-refractivity contribution in [1.29, 1.82) is 0 Å². The summed E-state index contributed by atoms with van der Waals surface area (Å²) in [6.45, 7) is 4.91. The summed E-state index contributed by atoms with van der Waals surface area (Å²) in [4.78, 5) is 42.6. The van der Waals surface area contributed by atoms with Gasteiger partial charge in [-0.15, -0.1) is 34.4 Å². The minimum absolute atomic E-state index is 0.129. The molecule has 4 aromatic rings. The summed E-state index contributed by atoms with van der Waals surface area (Å²) >= 11 is 4.61. The van der Waals surface area contributed by atoms with Crippen LogP contribution < -0.4 is 10.5 Å². The molecule has 1 unspecified atom stereocenters. The molecule has 1 saturated heterocycles. The highest BCUT2D eigenvalue weighted by atomic mass is 32.2. The molecule has 4 heterocycles. The third-order valence-corrected chi connectivity index (χ3v) is 8.52. The molecule has 10 heteroatoms. The average molecular weight is 498 g/mol. The summed E-state index contributed by atoms with van der Waals surface area (Å²) in [5.41, 5.74) is 1.78. The molecule has 7 nitrogen and oxygen atoms in total. The molecule has 1 amide bonds. The van der Waals surface area contributed by atoms with Gasteiger partial charge in [0.05, 0.1) is 16.4 Å². The number of anilines is 1. The number of nitrogens with one attached hydrogen (secondary N) is 1. The number of thioether (sulfide) groups is 1. The molecule has 0 spiro atoms. The quantitative estimate of drug-likeness (QED) is 0.432. The molecule has 3 aromatic heterocycles. The Hall–Kier alpha value is -2.69. The summed E-state index contributed by atoms with van der Waals surface area (Å²) in [7, 11) is 0. The Bertz CT molecular complexity index is 1290. The van der Waals surface area contributed by atoms with Crippen LogP contribution in [0.1, 0.15) is 12.7 Å². The second-order valence-corrected chi connectivity index (χ2v) is 10.8. The van der Waals surface area contributed by atoms with Crippen LogP contribution in [-0.4, -0.2) is 57.2 Å². The highest BCUT2D eigenvalue weighted by molar-refractivity contribution is 7.99. The van der Waals surface area contributed by atoms with Crippen LogP contribution in [0.5, 0.6) is 0 Å². The number of amides is 1. The Labute approximate surface area is 203 Å². The summed E-state index contributed by atoms with van der Waals surface area (Å²) in [5, 5.41) is 5.39. The lowest BCUT2D eigenvalue weighted by atomic mass is 10.1. The number of thiophene rings is 1. The molecule has 170 valence electrons. The van der Waals surface area contributed by atoms with E-state index in [2.05, 4.69) is 19.9 Å². The number of carbonyl (C=O) groups excluding carboxylic acids is 1. The number of H-pyrrole nitrogens is 1. The molecule has 1 aliphatic rings. The van der Waals surface area contributed by atoms with Gasteiger partial charge in [-0.1, -0.05) is 30.3 Å². The van der Waals surface area contributed by atoms with E-state index in [9.17, 15) is 9.59 Å². The lowest BCUT2D eigenvalue weighted by molar-refractivity contribution is -0.130. The zero-order valence-corrected chi connectivity index (χ0v) is 20.5. The normalized spacial score (nSPS) is 15.2. The predicted octanol–water partition coefficient (Wildman–Crippen LogP) is 4.08. The van der Waals surface area contributed by atoms with Crippen LogP contribution in [-0.2, 0) is 10.5 Å². The van der Waals surface area contributed by atoms with Crippen LogP contribution in [0, 0.1) is 0 Å². The first kappa shape index (κ1) is 22.1. The van der Waals surface area contributed by atoms with E-state index in [-0.39, 0.29) is 16.7 Å². The van der Waals surface area contributed by atoms with Gasteiger partial charge in [-0.25, -0.2) is 9.97 Å². The predicted molar refractivity (Wildman–Crippen MR) is 137 cm³/mol. The Morgan fingerprint density at radius 3 is 2.70 bits per heavy atom. The molecule has 0 saturated carbocycles. The van der Waals surface area contributed by atoms with E-state index in [4.69, 9.17) is 0 Å². The highest BCUT2D eigenvalue weighted by Crippen LogP contribution is 2.31. The van der Waals surface area contributed by atoms with Crippen LogP contribution in [0.2, 0.25) is 0 Å². The molecular weight excluding hydrogens is 474 g/mol. The van der Waals surface area contributed by atoms with Gasteiger partial charge >= 0.3 is 0 Å². The van der Waals surface area contributed by atoms with E-state index in [0.717, 1.165) is 34.2 Å². The number of aromatic amines is 1. The standard InChI is InChI=1S/C23H23N5O2S3/c1-15(22(30)27-8-10-28(11-9-27)23-24-7-12-31-23)32-14-18-25-20(29)19-17(13-33-21(19)26-18)16-5-3-2-4-6-16/h2-7,12-13,15H,8-11,14H2,1H3,(H,25,26,29). The number of carbonyl (C=O) groups is 1. The van der Waals surface area contributed by atoms with Crippen molar-refractivity contribution in [3.63, 3.8) is 0 Å². The van der Waals surface area contributed by atoms with Crippen LogP contribution in [0.25, 0.3) is 21.3 Å². The van der Waals surface area contributed by atoms with Crippen LogP contribution in [0.15, 0.2) is 52.1 Å². The van der Waals surface area contributed by atoms with Gasteiger partial charge in [0.2, 0.25) is 5.91 Å². The second-order valence-electron chi connectivity index (χ2n) is 7.79. The SMILES string of the molecule is CC(SCc1nc2scc(-c3ccccc3)c2c(=O)[nH]1)C(=O)N1CCN(c2nccs2)CC1. The summed E-state index contributed by atoms with van der Waals surface area (Å²) < 4.78 is 0. The minimum Gasteiger partial charge on any atom is -0.345 e. The van der Waals surface area contributed by atoms with Crippen molar-refractivity contribution in [1.82, 2.24) is 19.9 Å². The molecule has 0 bridgehead atoms. The van der Waals surface area contributed by atoms with E-state index < -0.39 is 0 Å². The molecule has 1 aliphatic heterocycles. The molecular formula is C23H23N5O2S3. The monoisotopic (exact) mass is 497 g/mol. The van der Waals surface area contributed by atoms with E-state index in [1.807, 2.05) is 59.1 Å². The van der Waals surface area contributed by atoms with E-state index in [0.29, 0.717) is 30.1 Å². The number of fused-ring (bicyclic) bond motifs is 1. The number of rotatable bonds is 6. The van der Waals surface area contributed by atoms with Gasteiger partial charge in [0.1, 0.15) is 10.7 Å².